The van der Waals surface area contributed by atoms with Gasteiger partial charge in [0.25, 0.3) is 5.91 Å². The number of anilines is 1. The topological polar surface area (TPSA) is 59.8 Å². The number of aryl methyl sites for hydroxylation is 1. The molecule has 1 heterocycles. The molecule has 0 bridgehead atoms. The second-order valence-electron chi connectivity index (χ2n) is 7.51. The maximum atomic E-state index is 13.0. The summed E-state index contributed by atoms with van der Waals surface area (Å²) in [5.74, 6) is -0.508. The largest absolute Gasteiger partial charge is 0.462 e. The molecule has 0 unspecified atom stereocenters. The normalized spacial score (nSPS) is 10.8. The molecule has 2 aromatic carbocycles. The van der Waals surface area contributed by atoms with Crippen LogP contribution in [0.5, 0.6) is 0 Å². The monoisotopic (exact) mass is 437 g/mol. The number of amides is 1. The molecule has 0 atom stereocenters. The molecule has 1 amide bonds. The lowest BCUT2D eigenvalue weighted by molar-refractivity contribution is -0.919. The molecule has 0 aliphatic heterocycles. The SMILES string of the molecule is CCOC(=O)c1c(NC(=O)C[NH+](Cc2ccccc2)Cc2ccccc2)sc(C)c1C. The standard InChI is InChI=1S/C25H28N2O3S/c1-4-30-25(29)23-18(2)19(3)31-24(23)26-22(28)17-27(15-20-11-7-5-8-12-20)16-21-13-9-6-10-14-21/h5-14H,4,15-17H2,1-3H3,(H,26,28)/p+1. The number of carbonyl (C=O) groups excluding carboxylic acids is 2. The average molecular weight is 438 g/mol. The molecule has 31 heavy (non-hydrogen) atoms. The molecule has 1 aromatic heterocycles. The molecule has 0 radical (unpaired) electrons. The van der Waals surface area contributed by atoms with Crippen molar-refractivity contribution in [2.45, 2.75) is 33.9 Å². The van der Waals surface area contributed by atoms with Crippen LogP contribution in [0.4, 0.5) is 5.00 Å². The average Bonchev–Trinajstić information content (AvgIpc) is 3.02. The molecular weight excluding hydrogens is 408 g/mol. The fourth-order valence-corrected chi connectivity index (χ4v) is 4.58. The summed E-state index contributed by atoms with van der Waals surface area (Å²) in [5.41, 5.74) is 3.68. The molecule has 0 aliphatic rings. The predicted octanol–water partition coefficient (Wildman–Crippen LogP) is 3.77. The lowest BCUT2D eigenvalue weighted by atomic mass is 10.1. The van der Waals surface area contributed by atoms with E-state index in [0.717, 1.165) is 28.4 Å². The van der Waals surface area contributed by atoms with Crippen LogP contribution in [0, 0.1) is 13.8 Å². The van der Waals surface area contributed by atoms with E-state index < -0.39 is 5.97 Å². The number of hydrogen-bond acceptors (Lipinski definition) is 4. The van der Waals surface area contributed by atoms with Crippen LogP contribution >= 0.6 is 11.3 Å². The molecule has 3 aromatic rings. The van der Waals surface area contributed by atoms with E-state index in [4.69, 9.17) is 4.74 Å². The van der Waals surface area contributed by atoms with Crippen molar-refractivity contribution < 1.29 is 19.2 Å². The van der Waals surface area contributed by atoms with Gasteiger partial charge in [0.1, 0.15) is 18.1 Å². The van der Waals surface area contributed by atoms with Gasteiger partial charge < -0.3 is 15.0 Å². The fourth-order valence-electron chi connectivity index (χ4n) is 3.52. The molecule has 0 saturated heterocycles. The second-order valence-corrected chi connectivity index (χ2v) is 8.73. The summed E-state index contributed by atoms with van der Waals surface area (Å²) in [4.78, 5) is 27.5. The lowest BCUT2D eigenvalue weighted by Crippen LogP contribution is -3.10. The van der Waals surface area contributed by atoms with E-state index in [1.807, 2.05) is 50.2 Å². The van der Waals surface area contributed by atoms with Gasteiger partial charge in [-0.05, 0) is 26.3 Å². The van der Waals surface area contributed by atoms with E-state index >= 15 is 0 Å². The zero-order valence-electron chi connectivity index (χ0n) is 18.2. The van der Waals surface area contributed by atoms with Crippen LogP contribution in [0.25, 0.3) is 0 Å². The second kappa shape index (κ2) is 10.9. The lowest BCUT2D eigenvalue weighted by Gasteiger charge is -2.19. The third-order valence-corrected chi connectivity index (χ3v) is 6.24. The maximum absolute atomic E-state index is 13.0. The van der Waals surface area contributed by atoms with Gasteiger partial charge in [0.2, 0.25) is 0 Å². The summed E-state index contributed by atoms with van der Waals surface area (Å²) in [6, 6.07) is 20.3. The van der Waals surface area contributed by atoms with Gasteiger partial charge in [-0.15, -0.1) is 11.3 Å². The van der Waals surface area contributed by atoms with Crippen LogP contribution in [-0.4, -0.2) is 25.0 Å². The van der Waals surface area contributed by atoms with Gasteiger partial charge >= 0.3 is 5.97 Å². The predicted molar refractivity (Wildman–Crippen MR) is 125 cm³/mol. The first-order valence-electron chi connectivity index (χ1n) is 10.5. The Morgan fingerprint density at radius 3 is 2.00 bits per heavy atom. The highest BCUT2D eigenvalue weighted by Crippen LogP contribution is 2.32. The van der Waals surface area contributed by atoms with Gasteiger partial charge in [-0.1, -0.05) is 60.7 Å². The van der Waals surface area contributed by atoms with Crippen LogP contribution in [0.3, 0.4) is 0 Å². The van der Waals surface area contributed by atoms with Crippen molar-refractivity contribution in [3.63, 3.8) is 0 Å². The van der Waals surface area contributed by atoms with E-state index in [1.54, 1.807) is 6.92 Å². The molecule has 3 rings (SSSR count). The van der Waals surface area contributed by atoms with Crippen molar-refractivity contribution in [1.82, 2.24) is 0 Å². The summed E-state index contributed by atoms with van der Waals surface area (Å²) < 4.78 is 5.19. The summed E-state index contributed by atoms with van der Waals surface area (Å²) in [5, 5.41) is 3.54. The Labute approximate surface area is 187 Å². The first-order chi connectivity index (χ1) is 15.0. The van der Waals surface area contributed by atoms with Crippen molar-refractivity contribution in [2.75, 3.05) is 18.5 Å². The number of carbonyl (C=O) groups is 2. The zero-order chi connectivity index (χ0) is 22.2. The van der Waals surface area contributed by atoms with E-state index in [-0.39, 0.29) is 5.91 Å². The highest BCUT2D eigenvalue weighted by molar-refractivity contribution is 7.16. The smallest absolute Gasteiger partial charge is 0.341 e. The van der Waals surface area contributed by atoms with Crippen molar-refractivity contribution in [2.24, 2.45) is 0 Å². The molecule has 0 aliphatic carbocycles. The van der Waals surface area contributed by atoms with Gasteiger partial charge in [-0.25, -0.2) is 4.79 Å². The minimum atomic E-state index is -0.391. The van der Waals surface area contributed by atoms with E-state index in [0.29, 0.717) is 23.7 Å². The van der Waals surface area contributed by atoms with Crippen molar-refractivity contribution in [1.29, 1.82) is 0 Å². The summed E-state index contributed by atoms with van der Waals surface area (Å²) >= 11 is 1.42. The Kier molecular flexibility index (Phi) is 7.98. The van der Waals surface area contributed by atoms with Gasteiger partial charge in [0.15, 0.2) is 6.54 Å². The number of hydrogen-bond donors (Lipinski definition) is 2. The number of esters is 1. The van der Waals surface area contributed by atoms with Crippen LogP contribution in [0.1, 0.15) is 38.8 Å². The van der Waals surface area contributed by atoms with Crippen LogP contribution in [-0.2, 0) is 22.6 Å². The minimum absolute atomic E-state index is 0.117. The maximum Gasteiger partial charge on any atom is 0.341 e. The van der Waals surface area contributed by atoms with Crippen LogP contribution in [0.2, 0.25) is 0 Å². The van der Waals surface area contributed by atoms with Crippen molar-refractivity contribution in [3.05, 3.63) is 87.8 Å². The molecule has 0 saturated carbocycles. The van der Waals surface area contributed by atoms with Crippen molar-refractivity contribution >= 4 is 28.2 Å². The Morgan fingerprint density at radius 2 is 1.48 bits per heavy atom. The first-order valence-corrected chi connectivity index (χ1v) is 11.3. The number of thiophene rings is 1. The van der Waals surface area contributed by atoms with Gasteiger partial charge in [-0.2, -0.15) is 0 Å². The quantitative estimate of drug-likeness (QED) is 0.501. The molecular formula is C25H29N2O3S+. The Hall–Kier alpha value is -2.96. The minimum Gasteiger partial charge on any atom is -0.462 e. The first kappa shape index (κ1) is 22.7. The molecule has 0 spiro atoms. The van der Waals surface area contributed by atoms with Crippen LogP contribution in [0.15, 0.2) is 60.7 Å². The van der Waals surface area contributed by atoms with Crippen LogP contribution < -0.4 is 10.2 Å². The third kappa shape index (κ3) is 6.26. The van der Waals surface area contributed by atoms with E-state index in [9.17, 15) is 9.59 Å². The molecule has 162 valence electrons. The van der Waals surface area contributed by atoms with E-state index in [1.165, 1.54) is 22.5 Å². The number of nitrogens with one attached hydrogen (secondary N) is 2. The van der Waals surface area contributed by atoms with Crippen molar-refractivity contribution in [3.8, 4) is 0 Å². The number of quaternary nitrogens is 1. The van der Waals surface area contributed by atoms with Gasteiger partial charge in [0, 0.05) is 16.0 Å². The van der Waals surface area contributed by atoms with Gasteiger partial charge in [0.05, 0.1) is 12.2 Å². The third-order valence-electron chi connectivity index (χ3n) is 5.12. The summed E-state index contributed by atoms with van der Waals surface area (Å²) in [7, 11) is 0. The highest BCUT2D eigenvalue weighted by atomic mass is 32.1. The molecule has 0 fully saturated rings. The summed E-state index contributed by atoms with van der Waals surface area (Å²) in [6.45, 7) is 7.66. The highest BCUT2D eigenvalue weighted by Gasteiger charge is 2.23. The molecule has 5 nitrogen and oxygen atoms in total. The van der Waals surface area contributed by atoms with E-state index in [2.05, 4.69) is 29.6 Å². The molecule has 2 N–H and O–H groups in total. The Balaban J connectivity index is 1.76. The number of ether oxygens (including phenoxy) is 1. The summed E-state index contributed by atoms with van der Waals surface area (Å²) in [6.07, 6.45) is 0. The fraction of sp³-hybridized carbons (Fsp3) is 0.280. The van der Waals surface area contributed by atoms with Gasteiger partial charge in [-0.3, -0.25) is 4.79 Å². The number of rotatable bonds is 9. The Morgan fingerprint density at radius 1 is 0.935 bits per heavy atom. The number of benzene rings is 2. The molecule has 6 heteroatoms. The Bertz CT molecular complexity index is 975. The zero-order valence-corrected chi connectivity index (χ0v) is 19.1.